The highest BCUT2D eigenvalue weighted by molar-refractivity contribution is 5.88. The SMILES string of the molecule is CCCCCCCCCC1(C#N)CCCCC1=O. The van der Waals surface area contributed by atoms with Crippen molar-refractivity contribution in [3.8, 4) is 6.07 Å². The first-order valence-corrected chi connectivity index (χ1v) is 7.70. The minimum Gasteiger partial charge on any atom is -0.298 e. The Bertz CT molecular complexity index is 292. The number of nitriles is 1. The maximum absolute atomic E-state index is 11.9. The third-order valence-corrected chi connectivity index (χ3v) is 4.21. The van der Waals surface area contributed by atoms with Crippen LogP contribution in [0.25, 0.3) is 0 Å². The number of carbonyl (C=O) groups is 1. The summed E-state index contributed by atoms with van der Waals surface area (Å²) in [7, 11) is 0. The zero-order chi connectivity index (χ0) is 13.3. The van der Waals surface area contributed by atoms with Gasteiger partial charge < -0.3 is 0 Å². The Morgan fingerprint density at radius 3 is 2.39 bits per heavy atom. The number of ketones is 1. The van der Waals surface area contributed by atoms with Crippen LogP contribution >= 0.6 is 0 Å². The minimum atomic E-state index is -0.609. The number of carbonyl (C=O) groups excluding carboxylic acids is 1. The number of Topliss-reactive ketones (excluding diaryl/α,β-unsaturated/α-hetero) is 1. The average molecular weight is 249 g/mol. The summed E-state index contributed by atoms with van der Waals surface area (Å²) < 4.78 is 0. The van der Waals surface area contributed by atoms with Crippen LogP contribution in [-0.2, 0) is 4.79 Å². The van der Waals surface area contributed by atoms with Crippen LogP contribution in [0, 0.1) is 16.7 Å². The zero-order valence-corrected chi connectivity index (χ0v) is 11.8. The highest BCUT2D eigenvalue weighted by atomic mass is 16.1. The van der Waals surface area contributed by atoms with E-state index in [0.717, 1.165) is 32.1 Å². The van der Waals surface area contributed by atoms with Gasteiger partial charge in [0.25, 0.3) is 0 Å². The molecular formula is C16H27NO. The van der Waals surface area contributed by atoms with E-state index in [2.05, 4.69) is 13.0 Å². The van der Waals surface area contributed by atoms with Crippen molar-refractivity contribution >= 4 is 5.78 Å². The first-order valence-electron chi connectivity index (χ1n) is 7.70. The summed E-state index contributed by atoms with van der Waals surface area (Å²) in [6, 6.07) is 2.33. The van der Waals surface area contributed by atoms with Crippen molar-refractivity contribution < 1.29 is 4.79 Å². The van der Waals surface area contributed by atoms with Crippen LogP contribution in [0.4, 0.5) is 0 Å². The van der Waals surface area contributed by atoms with Gasteiger partial charge in [-0.05, 0) is 19.3 Å². The fourth-order valence-corrected chi connectivity index (χ4v) is 2.91. The Labute approximate surface area is 112 Å². The average Bonchev–Trinajstić information content (AvgIpc) is 2.40. The van der Waals surface area contributed by atoms with E-state index < -0.39 is 5.41 Å². The lowest BCUT2D eigenvalue weighted by atomic mass is 9.71. The molecule has 1 aliphatic rings. The first kappa shape index (κ1) is 15.2. The fraction of sp³-hybridized carbons (Fsp3) is 0.875. The van der Waals surface area contributed by atoms with Crippen LogP contribution < -0.4 is 0 Å². The van der Waals surface area contributed by atoms with Crippen LogP contribution in [-0.4, -0.2) is 5.78 Å². The third-order valence-electron chi connectivity index (χ3n) is 4.21. The highest BCUT2D eigenvalue weighted by Gasteiger charge is 2.39. The van der Waals surface area contributed by atoms with Crippen molar-refractivity contribution in [1.29, 1.82) is 5.26 Å². The molecule has 0 aromatic rings. The summed E-state index contributed by atoms with van der Waals surface area (Å²) in [5.74, 6) is 0.210. The molecule has 1 atom stereocenters. The van der Waals surface area contributed by atoms with Crippen LogP contribution in [0.3, 0.4) is 0 Å². The molecule has 0 aromatic carbocycles. The molecule has 1 rings (SSSR count). The minimum absolute atomic E-state index is 0.210. The van der Waals surface area contributed by atoms with Crippen molar-refractivity contribution in [3.63, 3.8) is 0 Å². The van der Waals surface area contributed by atoms with Gasteiger partial charge in [0.05, 0.1) is 6.07 Å². The molecule has 0 heterocycles. The van der Waals surface area contributed by atoms with E-state index >= 15 is 0 Å². The van der Waals surface area contributed by atoms with E-state index in [-0.39, 0.29) is 5.78 Å². The second-order valence-electron chi connectivity index (χ2n) is 5.70. The molecule has 0 spiro atoms. The molecule has 0 radical (unpaired) electrons. The monoisotopic (exact) mass is 249 g/mol. The van der Waals surface area contributed by atoms with Gasteiger partial charge in [-0.1, -0.05) is 58.3 Å². The summed E-state index contributed by atoms with van der Waals surface area (Å²) in [6.45, 7) is 2.23. The van der Waals surface area contributed by atoms with Gasteiger partial charge in [-0.3, -0.25) is 4.79 Å². The Kier molecular flexibility index (Phi) is 7.01. The molecule has 1 unspecified atom stereocenters. The van der Waals surface area contributed by atoms with Crippen molar-refractivity contribution in [2.45, 2.75) is 84.0 Å². The van der Waals surface area contributed by atoms with Gasteiger partial charge in [0.1, 0.15) is 5.41 Å². The van der Waals surface area contributed by atoms with E-state index in [4.69, 9.17) is 0 Å². The maximum Gasteiger partial charge on any atom is 0.153 e. The smallest absolute Gasteiger partial charge is 0.153 e. The molecule has 0 amide bonds. The fourth-order valence-electron chi connectivity index (χ4n) is 2.91. The summed E-state index contributed by atoms with van der Waals surface area (Å²) in [6.07, 6.45) is 13.0. The Balaban J connectivity index is 2.20. The molecule has 1 saturated carbocycles. The standard InChI is InChI=1S/C16H27NO/c1-2-3-4-5-6-7-9-12-16(14-17)13-10-8-11-15(16)18/h2-13H2,1H3. The third kappa shape index (κ3) is 4.44. The number of unbranched alkanes of at least 4 members (excludes halogenated alkanes) is 6. The van der Waals surface area contributed by atoms with Crippen molar-refractivity contribution in [2.24, 2.45) is 5.41 Å². The predicted molar refractivity (Wildman–Crippen MR) is 74.1 cm³/mol. The van der Waals surface area contributed by atoms with Crippen molar-refractivity contribution in [1.82, 2.24) is 0 Å². The van der Waals surface area contributed by atoms with E-state index in [1.165, 1.54) is 38.5 Å². The first-order chi connectivity index (χ1) is 8.75. The summed E-state index contributed by atoms with van der Waals surface area (Å²) in [5.41, 5.74) is -0.609. The lowest BCUT2D eigenvalue weighted by Gasteiger charge is -2.29. The van der Waals surface area contributed by atoms with E-state index in [9.17, 15) is 10.1 Å². The Hall–Kier alpha value is -0.840. The van der Waals surface area contributed by atoms with E-state index in [1.54, 1.807) is 0 Å². The quantitative estimate of drug-likeness (QED) is 0.581. The summed E-state index contributed by atoms with van der Waals surface area (Å²) in [5, 5.41) is 9.31. The van der Waals surface area contributed by atoms with Gasteiger partial charge >= 0.3 is 0 Å². The molecule has 0 N–H and O–H groups in total. The largest absolute Gasteiger partial charge is 0.298 e. The molecule has 0 aromatic heterocycles. The van der Waals surface area contributed by atoms with Gasteiger partial charge in [-0.15, -0.1) is 0 Å². The Morgan fingerprint density at radius 1 is 1.11 bits per heavy atom. The van der Waals surface area contributed by atoms with Gasteiger partial charge in [0.15, 0.2) is 5.78 Å². The topological polar surface area (TPSA) is 40.9 Å². The molecule has 18 heavy (non-hydrogen) atoms. The van der Waals surface area contributed by atoms with Gasteiger partial charge in [-0.25, -0.2) is 0 Å². The summed E-state index contributed by atoms with van der Waals surface area (Å²) in [4.78, 5) is 11.9. The van der Waals surface area contributed by atoms with E-state index in [1.807, 2.05) is 0 Å². The summed E-state index contributed by atoms with van der Waals surface area (Å²) >= 11 is 0. The second-order valence-corrected chi connectivity index (χ2v) is 5.70. The maximum atomic E-state index is 11.9. The van der Waals surface area contributed by atoms with Crippen LogP contribution in [0.2, 0.25) is 0 Å². The van der Waals surface area contributed by atoms with Crippen molar-refractivity contribution in [3.05, 3.63) is 0 Å². The molecule has 0 saturated heterocycles. The van der Waals surface area contributed by atoms with Crippen LogP contribution in [0.15, 0.2) is 0 Å². The van der Waals surface area contributed by atoms with E-state index in [0.29, 0.717) is 6.42 Å². The van der Waals surface area contributed by atoms with Crippen LogP contribution in [0.1, 0.15) is 84.0 Å². The molecule has 0 aliphatic heterocycles. The zero-order valence-electron chi connectivity index (χ0n) is 11.8. The molecule has 2 nitrogen and oxygen atoms in total. The molecule has 1 aliphatic carbocycles. The molecule has 1 fully saturated rings. The van der Waals surface area contributed by atoms with Crippen molar-refractivity contribution in [2.75, 3.05) is 0 Å². The van der Waals surface area contributed by atoms with Gasteiger partial charge in [0.2, 0.25) is 0 Å². The molecule has 0 bridgehead atoms. The predicted octanol–water partition coefficient (Wildman–Crippen LogP) is 4.78. The number of rotatable bonds is 8. The molecule has 102 valence electrons. The number of hydrogen-bond donors (Lipinski definition) is 0. The van der Waals surface area contributed by atoms with Crippen LogP contribution in [0.5, 0.6) is 0 Å². The molecule has 2 heteroatoms. The lowest BCUT2D eigenvalue weighted by molar-refractivity contribution is -0.128. The lowest BCUT2D eigenvalue weighted by Crippen LogP contribution is -2.32. The van der Waals surface area contributed by atoms with Gasteiger partial charge in [0, 0.05) is 6.42 Å². The number of hydrogen-bond acceptors (Lipinski definition) is 2. The highest BCUT2D eigenvalue weighted by Crippen LogP contribution is 2.37. The van der Waals surface area contributed by atoms with Gasteiger partial charge in [-0.2, -0.15) is 5.26 Å². The number of nitrogens with zero attached hydrogens (tertiary/aromatic N) is 1. The second kappa shape index (κ2) is 8.29. The Morgan fingerprint density at radius 2 is 1.78 bits per heavy atom. The normalized spacial score (nSPS) is 23.9. The molecular weight excluding hydrogens is 222 g/mol.